The number of halogens is 1. The summed E-state index contributed by atoms with van der Waals surface area (Å²) >= 11 is 5.31. The molecule has 0 fully saturated rings. The van der Waals surface area contributed by atoms with E-state index in [0.29, 0.717) is 5.92 Å². The maximum absolute atomic E-state index is 13.0. The van der Waals surface area contributed by atoms with E-state index in [-0.39, 0.29) is 12.1 Å². The van der Waals surface area contributed by atoms with Gasteiger partial charge in [-0.3, -0.25) is 0 Å². The smallest absolute Gasteiger partial charge is 0.319 e. The van der Waals surface area contributed by atoms with Gasteiger partial charge < -0.3 is 20.1 Å². The third kappa shape index (κ3) is 5.45. The molecule has 0 radical (unpaired) electrons. The Labute approximate surface area is 203 Å². The number of hydrogen-bond donors (Lipinski definition) is 2. The number of fused-ring (bicyclic) bond motifs is 1. The summed E-state index contributed by atoms with van der Waals surface area (Å²) < 4.78 is 3.19. The highest BCUT2D eigenvalue weighted by Crippen LogP contribution is 2.40. The molecule has 32 heavy (non-hydrogen) atoms. The molecule has 2 amide bonds. The van der Waals surface area contributed by atoms with Crippen LogP contribution in [-0.2, 0) is 13.0 Å². The third-order valence-electron chi connectivity index (χ3n) is 5.90. The van der Waals surface area contributed by atoms with Crippen LogP contribution in [0.2, 0.25) is 0 Å². The van der Waals surface area contributed by atoms with Crippen LogP contribution in [0, 0.1) is 5.92 Å². The van der Waals surface area contributed by atoms with E-state index in [4.69, 9.17) is 0 Å². The molecule has 0 saturated heterocycles. The maximum Gasteiger partial charge on any atom is 0.319 e. The first-order valence-electron chi connectivity index (χ1n) is 11.2. The van der Waals surface area contributed by atoms with Crippen molar-refractivity contribution in [2.45, 2.75) is 45.7 Å². The Kier molecular flexibility index (Phi) is 7.38. The van der Waals surface area contributed by atoms with Gasteiger partial charge in [0.2, 0.25) is 0 Å². The van der Waals surface area contributed by atoms with Crippen molar-refractivity contribution in [1.82, 2.24) is 14.8 Å². The van der Waals surface area contributed by atoms with Crippen LogP contribution in [0.5, 0.6) is 0 Å². The fraction of sp³-hybridized carbons (Fsp3) is 0.400. The average Bonchev–Trinajstić information content (AvgIpc) is 3.40. The molecule has 4 rings (SSSR count). The first kappa shape index (κ1) is 23.1. The molecule has 0 saturated carbocycles. The van der Waals surface area contributed by atoms with Crippen LogP contribution in [0.4, 0.5) is 10.5 Å². The van der Waals surface area contributed by atoms with Crippen molar-refractivity contribution in [2.75, 3.05) is 18.9 Å². The molecule has 0 unspecified atom stereocenters. The predicted molar refractivity (Wildman–Crippen MR) is 137 cm³/mol. The van der Waals surface area contributed by atoms with Gasteiger partial charge in [-0.2, -0.15) is 0 Å². The van der Waals surface area contributed by atoms with Gasteiger partial charge in [0.25, 0.3) is 0 Å². The van der Waals surface area contributed by atoms with Crippen LogP contribution < -0.4 is 10.6 Å². The van der Waals surface area contributed by atoms with E-state index in [1.54, 1.807) is 0 Å². The Morgan fingerprint density at radius 3 is 2.56 bits per heavy atom. The summed E-state index contributed by atoms with van der Waals surface area (Å²) in [6.07, 6.45) is 7.20. The molecule has 170 valence electrons. The Hall–Kier alpha value is -2.09. The number of carbonyl (C=O) groups is 1. The SMILES string of the molecule is CC(C)CC[C@@H](NC(=O)Nc1ccc(Br)cc1)c1c(-n2cccc2)sc2c1CCN(C)C2. The summed E-state index contributed by atoms with van der Waals surface area (Å²) in [6, 6.07) is 11.6. The number of amides is 2. The summed E-state index contributed by atoms with van der Waals surface area (Å²) in [7, 11) is 2.18. The van der Waals surface area contributed by atoms with Crippen LogP contribution in [0.1, 0.15) is 48.7 Å². The van der Waals surface area contributed by atoms with Crippen LogP contribution in [0.25, 0.3) is 5.00 Å². The molecule has 5 nitrogen and oxygen atoms in total. The number of benzene rings is 1. The van der Waals surface area contributed by atoms with E-state index in [2.05, 4.69) is 81.5 Å². The van der Waals surface area contributed by atoms with Crippen LogP contribution in [0.3, 0.4) is 0 Å². The fourth-order valence-corrected chi connectivity index (χ4v) is 5.93. The minimum atomic E-state index is -0.160. The molecule has 1 atom stereocenters. The minimum Gasteiger partial charge on any atom is -0.331 e. The maximum atomic E-state index is 13.0. The van der Waals surface area contributed by atoms with E-state index in [1.807, 2.05) is 35.6 Å². The van der Waals surface area contributed by atoms with E-state index in [1.165, 1.54) is 21.0 Å². The zero-order valence-electron chi connectivity index (χ0n) is 18.9. The minimum absolute atomic E-state index is 0.0337. The molecule has 1 aliphatic rings. The Morgan fingerprint density at radius 1 is 1.16 bits per heavy atom. The molecule has 1 aliphatic heterocycles. The van der Waals surface area contributed by atoms with Crippen molar-refractivity contribution in [3.05, 3.63) is 69.3 Å². The van der Waals surface area contributed by atoms with Crippen molar-refractivity contribution >= 4 is 39.0 Å². The van der Waals surface area contributed by atoms with Gasteiger partial charge in [0.1, 0.15) is 5.00 Å². The van der Waals surface area contributed by atoms with Crippen LogP contribution in [0.15, 0.2) is 53.3 Å². The van der Waals surface area contributed by atoms with E-state index in [9.17, 15) is 4.79 Å². The first-order chi connectivity index (χ1) is 15.4. The summed E-state index contributed by atoms with van der Waals surface area (Å²) in [5, 5.41) is 7.56. The van der Waals surface area contributed by atoms with Gasteiger partial charge in [-0.05, 0) is 74.2 Å². The topological polar surface area (TPSA) is 49.3 Å². The van der Waals surface area contributed by atoms with Gasteiger partial charge in [0.05, 0.1) is 6.04 Å². The molecule has 0 bridgehead atoms. The van der Waals surface area contributed by atoms with Gasteiger partial charge in [-0.25, -0.2) is 4.79 Å². The number of carbonyl (C=O) groups excluding carboxylic acids is 1. The highest BCUT2D eigenvalue weighted by atomic mass is 79.9. The van der Waals surface area contributed by atoms with Gasteiger partial charge in [-0.15, -0.1) is 11.3 Å². The largest absolute Gasteiger partial charge is 0.331 e. The highest BCUT2D eigenvalue weighted by molar-refractivity contribution is 9.10. The lowest BCUT2D eigenvalue weighted by molar-refractivity contribution is 0.247. The van der Waals surface area contributed by atoms with Gasteiger partial charge in [0.15, 0.2) is 0 Å². The molecule has 0 aliphatic carbocycles. The normalized spacial score (nSPS) is 14.9. The van der Waals surface area contributed by atoms with Crippen molar-refractivity contribution in [3.8, 4) is 5.00 Å². The van der Waals surface area contributed by atoms with Gasteiger partial charge >= 0.3 is 6.03 Å². The van der Waals surface area contributed by atoms with E-state index in [0.717, 1.165) is 42.5 Å². The Bertz CT molecular complexity index is 1040. The summed E-state index contributed by atoms with van der Waals surface area (Å²) in [5.41, 5.74) is 3.50. The lowest BCUT2D eigenvalue weighted by Gasteiger charge is -2.26. The average molecular weight is 516 g/mol. The summed E-state index contributed by atoms with van der Waals surface area (Å²) in [5.74, 6) is 0.574. The standard InChI is InChI=1S/C25H31BrN4OS/c1-17(2)6-11-21(28-25(31)27-19-9-7-18(26)8-10-19)23-20-12-15-29(3)16-22(20)32-24(23)30-13-4-5-14-30/h4-5,7-10,13-14,17,21H,6,11-12,15-16H2,1-3H3,(H2,27,28,31)/t21-/m1/s1. The number of hydrogen-bond acceptors (Lipinski definition) is 3. The van der Waals surface area contributed by atoms with Gasteiger partial charge in [-0.1, -0.05) is 29.8 Å². The molecule has 7 heteroatoms. The van der Waals surface area contributed by atoms with E-state index >= 15 is 0 Å². The van der Waals surface area contributed by atoms with Crippen molar-refractivity contribution in [2.24, 2.45) is 5.92 Å². The second-order valence-corrected chi connectivity index (χ2v) is 10.9. The Morgan fingerprint density at radius 2 is 1.88 bits per heavy atom. The molecule has 3 aromatic rings. The zero-order valence-corrected chi connectivity index (χ0v) is 21.3. The Balaban J connectivity index is 1.66. The number of nitrogens with zero attached hydrogens (tertiary/aromatic N) is 2. The molecule has 2 aromatic heterocycles. The van der Waals surface area contributed by atoms with E-state index < -0.39 is 0 Å². The number of thiophene rings is 1. The lowest BCUT2D eigenvalue weighted by Crippen LogP contribution is -2.34. The zero-order chi connectivity index (χ0) is 22.7. The second kappa shape index (κ2) is 10.2. The number of nitrogens with one attached hydrogen (secondary N) is 2. The molecular formula is C25H31BrN4OS. The number of rotatable bonds is 7. The third-order valence-corrected chi connectivity index (χ3v) is 7.67. The molecule has 2 N–H and O–H groups in total. The van der Waals surface area contributed by atoms with Crippen molar-refractivity contribution in [3.63, 3.8) is 0 Å². The molecular weight excluding hydrogens is 484 g/mol. The number of likely N-dealkylation sites (N-methyl/N-ethyl adjacent to an activating group) is 1. The first-order valence-corrected chi connectivity index (χ1v) is 12.8. The quantitative estimate of drug-likeness (QED) is 0.373. The number of anilines is 1. The van der Waals surface area contributed by atoms with Crippen LogP contribution >= 0.6 is 27.3 Å². The lowest BCUT2D eigenvalue weighted by atomic mass is 9.93. The monoisotopic (exact) mass is 514 g/mol. The van der Waals surface area contributed by atoms with Crippen LogP contribution in [-0.4, -0.2) is 29.1 Å². The van der Waals surface area contributed by atoms with Crippen molar-refractivity contribution < 1.29 is 4.79 Å². The van der Waals surface area contributed by atoms with Crippen molar-refractivity contribution in [1.29, 1.82) is 0 Å². The molecule has 3 heterocycles. The molecule has 1 aromatic carbocycles. The van der Waals surface area contributed by atoms with Gasteiger partial charge in [0, 0.05) is 46.1 Å². The molecule has 0 spiro atoms. The highest BCUT2D eigenvalue weighted by Gasteiger charge is 2.29. The number of aromatic nitrogens is 1. The second-order valence-electron chi connectivity index (χ2n) is 8.93. The summed E-state index contributed by atoms with van der Waals surface area (Å²) in [6.45, 7) is 6.49. The summed E-state index contributed by atoms with van der Waals surface area (Å²) in [4.78, 5) is 16.8. The predicted octanol–water partition coefficient (Wildman–Crippen LogP) is 6.59. The number of urea groups is 1. The fourth-order valence-electron chi connectivity index (χ4n) is 4.21.